The molecule has 2 heterocycles. The molecule has 1 unspecified atom stereocenters. The number of nitrogens with zero attached hydrogens (tertiary/aromatic N) is 4. The van der Waals surface area contributed by atoms with Crippen molar-refractivity contribution in [3.63, 3.8) is 0 Å². The van der Waals surface area contributed by atoms with E-state index in [0.29, 0.717) is 43.7 Å². The van der Waals surface area contributed by atoms with Crippen molar-refractivity contribution < 1.29 is 9.59 Å². The van der Waals surface area contributed by atoms with Gasteiger partial charge in [0.05, 0.1) is 30.2 Å². The van der Waals surface area contributed by atoms with Crippen LogP contribution in [0.1, 0.15) is 53.4 Å². The fraction of sp³-hybridized carbons (Fsp3) is 0.290. The van der Waals surface area contributed by atoms with Gasteiger partial charge in [-0.25, -0.2) is 4.98 Å². The Kier molecular flexibility index (Phi) is 7.88. The molecule has 8 nitrogen and oxygen atoms in total. The number of benzene rings is 3. The number of imidazole rings is 1. The minimum atomic E-state index is -0.420. The van der Waals surface area contributed by atoms with E-state index in [1.165, 1.54) is 0 Å². The van der Waals surface area contributed by atoms with Gasteiger partial charge in [-0.2, -0.15) is 5.26 Å². The SMILES string of the molecule is CCCCC1C(=O)NCCN1C(=O)c1cccc2cc(NCc3cncn3Cc3ccc(C#N)cc3)ccc12. The molecule has 1 atom stereocenters. The predicted molar refractivity (Wildman–Crippen MR) is 151 cm³/mol. The van der Waals surface area contributed by atoms with Gasteiger partial charge in [-0.15, -0.1) is 0 Å². The molecule has 0 saturated carbocycles. The van der Waals surface area contributed by atoms with Crippen LogP contribution in [0.4, 0.5) is 5.69 Å². The highest BCUT2D eigenvalue weighted by Gasteiger charge is 2.33. The third-order valence-corrected chi connectivity index (χ3v) is 7.24. The van der Waals surface area contributed by atoms with Crippen LogP contribution in [0.3, 0.4) is 0 Å². The van der Waals surface area contributed by atoms with E-state index in [2.05, 4.69) is 33.2 Å². The van der Waals surface area contributed by atoms with E-state index in [1.807, 2.05) is 73.2 Å². The highest BCUT2D eigenvalue weighted by Crippen LogP contribution is 2.26. The van der Waals surface area contributed by atoms with Crippen LogP contribution in [-0.4, -0.2) is 45.4 Å². The molecule has 198 valence electrons. The summed E-state index contributed by atoms with van der Waals surface area (Å²) in [4.78, 5) is 32.2. The molecule has 1 aliphatic rings. The summed E-state index contributed by atoms with van der Waals surface area (Å²) in [7, 11) is 0. The Labute approximate surface area is 228 Å². The fourth-order valence-corrected chi connectivity index (χ4v) is 5.09. The number of amides is 2. The van der Waals surface area contributed by atoms with E-state index in [1.54, 1.807) is 4.90 Å². The molecule has 39 heavy (non-hydrogen) atoms. The zero-order chi connectivity index (χ0) is 27.2. The Morgan fingerprint density at radius 3 is 2.82 bits per heavy atom. The smallest absolute Gasteiger partial charge is 0.255 e. The van der Waals surface area contributed by atoms with Crippen molar-refractivity contribution >= 4 is 28.3 Å². The van der Waals surface area contributed by atoms with Crippen LogP contribution in [0.25, 0.3) is 10.8 Å². The second kappa shape index (κ2) is 11.8. The van der Waals surface area contributed by atoms with Gasteiger partial charge >= 0.3 is 0 Å². The minimum absolute atomic E-state index is 0.0619. The summed E-state index contributed by atoms with van der Waals surface area (Å²) in [6.45, 7) is 4.34. The molecule has 1 fully saturated rings. The summed E-state index contributed by atoms with van der Waals surface area (Å²) >= 11 is 0. The molecule has 3 aromatic carbocycles. The molecular formula is C31H32N6O2. The summed E-state index contributed by atoms with van der Waals surface area (Å²) in [5.74, 6) is -0.155. The normalized spacial score (nSPS) is 15.1. The van der Waals surface area contributed by atoms with Crippen molar-refractivity contribution in [3.8, 4) is 6.07 Å². The van der Waals surface area contributed by atoms with Gasteiger partial charge in [-0.3, -0.25) is 9.59 Å². The second-order valence-corrected chi connectivity index (χ2v) is 9.86. The van der Waals surface area contributed by atoms with Gasteiger partial charge in [0.1, 0.15) is 6.04 Å². The first-order valence-electron chi connectivity index (χ1n) is 13.4. The third-order valence-electron chi connectivity index (χ3n) is 7.24. The van der Waals surface area contributed by atoms with Gasteiger partial charge in [-0.1, -0.05) is 50.1 Å². The maximum absolute atomic E-state index is 13.6. The Bertz CT molecular complexity index is 1520. The molecule has 2 amide bonds. The van der Waals surface area contributed by atoms with Crippen molar-refractivity contribution in [1.29, 1.82) is 5.26 Å². The first kappa shape index (κ1) is 26.0. The quantitative estimate of drug-likeness (QED) is 0.333. The van der Waals surface area contributed by atoms with Crippen molar-refractivity contribution in [3.05, 3.63) is 95.6 Å². The second-order valence-electron chi connectivity index (χ2n) is 9.86. The lowest BCUT2D eigenvalue weighted by atomic mass is 10.00. The summed E-state index contributed by atoms with van der Waals surface area (Å²) in [6.07, 6.45) is 6.21. The zero-order valence-corrected chi connectivity index (χ0v) is 22.1. The van der Waals surface area contributed by atoms with Gasteiger partial charge in [0, 0.05) is 37.1 Å². The Morgan fingerprint density at radius 2 is 2.03 bits per heavy atom. The highest BCUT2D eigenvalue weighted by molar-refractivity contribution is 6.08. The summed E-state index contributed by atoms with van der Waals surface area (Å²) in [5.41, 5.74) is 4.33. The summed E-state index contributed by atoms with van der Waals surface area (Å²) < 4.78 is 2.08. The molecular weight excluding hydrogens is 488 g/mol. The zero-order valence-electron chi connectivity index (χ0n) is 22.1. The standard InChI is InChI=1S/C31H32N6O2/c1-2-3-7-29-30(38)34-14-15-37(29)31(39)28-6-4-5-24-16-25(12-13-27(24)28)35-19-26-18-33-21-36(26)20-23-10-8-22(17-32)9-11-23/h4-6,8-13,16,18,21,29,35H,2-3,7,14-15,19-20H2,1H3,(H,34,38). The van der Waals surface area contributed by atoms with Crippen molar-refractivity contribution in [2.45, 2.75) is 45.3 Å². The molecule has 4 aromatic rings. The molecule has 0 aliphatic carbocycles. The number of nitrogens with one attached hydrogen (secondary N) is 2. The van der Waals surface area contributed by atoms with Crippen LogP contribution in [0.15, 0.2) is 73.2 Å². The van der Waals surface area contributed by atoms with Gasteiger partial charge in [0.2, 0.25) is 5.91 Å². The number of hydrogen-bond donors (Lipinski definition) is 2. The monoisotopic (exact) mass is 520 g/mol. The van der Waals surface area contributed by atoms with E-state index in [4.69, 9.17) is 5.26 Å². The summed E-state index contributed by atoms with van der Waals surface area (Å²) in [5, 5.41) is 17.2. The Balaban J connectivity index is 1.30. The molecule has 1 saturated heterocycles. The molecule has 0 bridgehead atoms. The van der Waals surface area contributed by atoms with Crippen molar-refractivity contribution in [2.24, 2.45) is 0 Å². The lowest BCUT2D eigenvalue weighted by molar-refractivity contribution is -0.128. The average molecular weight is 521 g/mol. The van der Waals surface area contributed by atoms with Crippen LogP contribution in [0.5, 0.6) is 0 Å². The number of carbonyl (C=O) groups excluding carboxylic acids is 2. The molecule has 2 N–H and O–H groups in total. The molecule has 0 spiro atoms. The van der Waals surface area contributed by atoms with Crippen LogP contribution in [-0.2, 0) is 17.9 Å². The number of anilines is 1. The third kappa shape index (κ3) is 5.78. The van der Waals surface area contributed by atoms with Crippen molar-refractivity contribution in [2.75, 3.05) is 18.4 Å². The average Bonchev–Trinajstić information content (AvgIpc) is 3.41. The molecule has 1 aliphatic heterocycles. The lowest BCUT2D eigenvalue weighted by Crippen LogP contribution is -2.57. The lowest BCUT2D eigenvalue weighted by Gasteiger charge is -2.35. The number of aromatic nitrogens is 2. The first-order valence-corrected chi connectivity index (χ1v) is 13.4. The topological polar surface area (TPSA) is 103 Å². The van der Waals surface area contributed by atoms with Crippen LogP contribution in [0, 0.1) is 11.3 Å². The number of rotatable bonds is 9. The van der Waals surface area contributed by atoms with E-state index in [0.717, 1.165) is 40.6 Å². The minimum Gasteiger partial charge on any atom is -0.379 e. The van der Waals surface area contributed by atoms with Crippen LogP contribution < -0.4 is 10.6 Å². The van der Waals surface area contributed by atoms with Gasteiger partial charge in [0.25, 0.3) is 5.91 Å². The number of nitriles is 1. The van der Waals surface area contributed by atoms with Crippen molar-refractivity contribution in [1.82, 2.24) is 19.8 Å². The van der Waals surface area contributed by atoms with E-state index >= 15 is 0 Å². The molecule has 8 heteroatoms. The van der Waals surface area contributed by atoms with Gasteiger partial charge < -0.3 is 20.1 Å². The van der Waals surface area contributed by atoms with Crippen LogP contribution >= 0.6 is 0 Å². The Hall–Kier alpha value is -4.64. The molecule has 0 radical (unpaired) electrons. The highest BCUT2D eigenvalue weighted by atomic mass is 16.2. The maximum Gasteiger partial charge on any atom is 0.255 e. The predicted octanol–water partition coefficient (Wildman–Crippen LogP) is 4.70. The summed E-state index contributed by atoms with van der Waals surface area (Å²) in [6, 6.07) is 21.1. The van der Waals surface area contributed by atoms with Gasteiger partial charge in [0.15, 0.2) is 0 Å². The number of hydrogen-bond acceptors (Lipinski definition) is 5. The fourth-order valence-electron chi connectivity index (χ4n) is 5.09. The van der Waals surface area contributed by atoms with Gasteiger partial charge in [-0.05, 0) is 53.1 Å². The number of unbranched alkanes of at least 4 members (excludes halogenated alkanes) is 1. The van der Waals surface area contributed by atoms with E-state index in [9.17, 15) is 9.59 Å². The molecule has 5 rings (SSSR count). The molecule has 1 aromatic heterocycles. The number of fused-ring (bicyclic) bond motifs is 1. The number of piperazine rings is 1. The van der Waals surface area contributed by atoms with E-state index in [-0.39, 0.29) is 11.8 Å². The first-order chi connectivity index (χ1) is 19.1. The van der Waals surface area contributed by atoms with E-state index < -0.39 is 6.04 Å². The maximum atomic E-state index is 13.6. The van der Waals surface area contributed by atoms with Crippen LogP contribution in [0.2, 0.25) is 0 Å². The Morgan fingerprint density at radius 1 is 1.18 bits per heavy atom. The number of carbonyl (C=O) groups is 2. The largest absolute Gasteiger partial charge is 0.379 e.